The Morgan fingerprint density at radius 2 is 2.09 bits per heavy atom. The summed E-state index contributed by atoms with van der Waals surface area (Å²) >= 11 is 5.63. The molecule has 0 spiro atoms. The lowest BCUT2D eigenvalue weighted by atomic mass is 10.3. The van der Waals surface area contributed by atoms with Gasteiger partial charge < -0.3 is 10.5 Å². The third-order valence-corrected chi connectivity index (χ3v) is 1.72. The summed E-state index contributed by atoms with van der Waals surface area (Å²) in [4.78, 5) is 0. The van der Waals surface area contributed by atoms with Crippen molar-refractivity contribution in [1.82, 2.24) is 10.2 Å². The van der Waals surface area contributed by atoms with Crippen LogP contribution in [-0.4, -0.2) is 17.3 Å². The number of nitrogens with zero attached hydrogens (tertiary/aromatic N) is 2. The van der Waals surface area contributed by atoms with Crippen LogP contribution in [-0.2, 0) is 0 Å². The number of halogens is 1. The molecular formula is C6H8ClN3O. The van der Waals surface area contributed by atoms with Gasteiger partial charge in [0.15, 0.2) is 5.15 Å². The van der Waals surface area contributed by atoms with Gasteiger partial charge >= 0.3 is 0 Å². The van der Waals surface area contributed by atoms with Gasteiger partial charge in [-0.25, -0.2) is 0 Å². The molecule has 2 N–H and O–H groups in total. The van der Waals surface area contributed by atoms with Crippen molar-refractivity contribution >= 4 is 17.3 Å². The van der Waals surface area contributed by atoms with Gasteiger partial charge in [-0.05, 0) is 6.92 Å². The van der Waals surface area contributed by atoms with E-state index in [0.29, 0.717) is 22.3 Å². The first-order chi connectivity index (χ1) is 5.16. The third kappa shape index (κ3) is 1.35. The third-order valence-electron chi connectivity index (χ3n) is 1.37. The van der Waals surface area contributed by atoms with Crippen LogP contribution < -0.4 is 10.5 Å². The molecule has 0 saturated heterocycles. The second-order valence-corrected chi connectivity index (χ2v) is 2.40. The Morgan fingerprint density at radius 3 is 2.64 bits per heavy atom. The molecule has 11 heavy (non-hydrogen) atoms. The van der Waals surface area contributed by atoms with Gasteiger partial charge in [0, 0.05) is 5.56 Å². The first kappa shape index (κ1) is 8.07. The quantitative estimate of drug-likeness (QED) is 0.689. The van der Waals surface area contributed by atoms with Crippen LogP contribution in [0.3, 0.4) is 0 Å². The summed E-state index contributed by atoms with van der Waals surface area (Å²) in [5.74, 6) is 0.312. The molecule has 5 heteroatoms. The highest BCUT2D eigenvalue weighted by molar-refractivity contribution is 6.30. The van der Waals surface area contributed by atoms with Crippen molar-refractivity contribution in [3.8, 4) is 5.88 Å². The minimum absolute atomic E-state index is 0.309. The summed E-state index contributed by atoms with van der Waals surface area (Å²) in [5, 5.41) is 7.56. The molecule has 0 radical (unpaired) electrons. The SMILES string of the molecule is COc1nnc(Cl)c(C)c1N. The van der Waals surface area contributed by atoms with Gasteiger partial charge in [-0.3, -0.25) is 0 Å². The molecule has 0 saturated carbocycles. The van der Waals surface area contributed by atoms with Gasteiger partial charge in [-0.1, -0.05) is 11.6 Å². The fourth-order valence-electron chi connectivity index (χ4n) is 0.640. The Hall–Kier alpha value is -1.03. The van der Waals surface area contributed by atoms with E-state index in [9.17, 15) is 0 Å². The van der Waals surface area contributed by atoms with Crippen molar-refractivity contribution in [3.05, 3.63) is 10.7 Å². The molecular weight excluding hydrogens is 166 g/mol. The number of methoxy groups -OCH3 is 1. The number of nitrogen functional groups attached to an aromatic ring is 1. The van der Waals surface area contributed by atoms with Crippen LogP contribution in [0.4, 0.5) is 5.69 Å². The van der Waals surface area contributed by atoms with Crippen LogP contribution in [0.5, 0.6) is 5.88 Å². The number of hydrogen-bond acceptors (Lipinski definition) is 4. The fourth-order valence-corrected chi connectivity index (χ4v) is 0.780. The van der Waals surface area contributed by atoms with E-state index in [2.05, 4.69) is 10.2 Å². The number of ether oxygens (including phenoxy) is 1. The van der Waals surface area contributed by atoms with Crippen molar-refractivity contribution in [3.63, 3.8) is 0 Å². The predicted octanol–water partition coefficient (Wildman–Crippen LogP) is 1.03. The van der Waals surface area contributed by atoms with E-state index in [0.717, 1.165) is 0 Å². The lowest BCUT2D eigenvalue weighted by Crippen LogP contribution is -2.00. The average Bonchev–Trinajstić information content (AvgIpc) is 2.01. The van der Waals surface area contributed by atoms with E-state index in [1.807, 2.05) is 0 Å². The van der Waals surface area contributed by atoms with Crippen LogP contribution in [0, 0.1) is 6.92 Å². The summed E-state index contributed by atoms with van der Waals surface area (Å²) in [6.45, 7) is 1.76. The molecule has 4 nitrogen and oxygen atoms in total. The van der Waals surface area contributed by atoms with E-state index in [1.165, 1.54) is 7.11 Å². The Labute approximate surface area is 69.3 Å². The predicted molar refractivity (Wildman–Crippen MR) is 42.7 cm³/mol. The Balaban J connectivity index is 3.25. The molecule has 0 aliphatic heterocycles. The Bertz CT molecular complexity index is 277. The Kier molecular flexibility index (Phi) is 2.14. The molecule has 0 atom stereocenters. The summed E-state index contributed by atoms with van der Waals surface area (Å²) in [7, 11) is 1.48. The van der Waals surface area contributed by atoms with Gasteiger partial charge in [0.2, 0.25) is 0 Å². The number of nitrogens with two attached hydrogens (primary N) is 1. The maximum atomic E-state index is 5.63. The molecule has 1 aromatic heterocycles. The first-order valence-electron chi connectivity index (χ1n) is 2.99. The molecule has 60 valence electrons. The normalized spacial score (nSPS) is 9.73. The lowest BCUT2D eigenvalue weighted by Gasteiger charge is -2.04. The Morgan fingerprint density at radius 1 is 1.45 bits per heavy atom. The second-order valence-electron chi connectivity index (χ2n) is 2.04. The smallest absolute Gasteiger partial charge is 0.256 e. The summed E-state index contributed by atoms with van der Waals surface area (Å²) in [6, 6.07) is 0. The largest absolute Gasteiger partial charge is 0.478 e. The van der Waals surface area contributed by atoms with Crippen molar-refractivity contribution in [2.75, 3.05) is 12.8 Å². The van der Waals surface area contributed by atoms with Gasteiger partial charge in [0.25, 0.3) is 5.88 Å². The summed E-state index contributed by atoms with van der Waals surface area (Å²) in [5.41, 5.74) is 6.71. The topological polar surface area (TPSA) is 61.0 Å². The monoisotopic (exact) mass is 173 g/mol. The molecule has 0 aliphatic rings. The maximum Gasteiger partial charge on any atom is 0.256 e. The van der Waals surface area contributed by atoms with Gasteiger partial charge in [0.1, 0.15) is 5.69 Å². The highest BCUT2D eigenvalue weighted by atomic mass is 35.5. The summed E-state index contributed by atoms with van der Waals surface area (Å²) < 4.78 is 4.82. The minimum atomic E-state index is 0.309. The van der Waals surface area contributed by atoms with Gasteiger partial charge in [0.05, 0.1) is 7.11 Å². The van der Waals surface area contributed by atoms with Crippen molar-refractivity contribution in [2.24, 2.45) is 0 Å². The fraction of sp³-hybridized carbons (Fsp3) is 0.333. The van der Waals surface area contributed by atoms with Gasteiger partial charge in [-0.15, -0.1) is 10.2 Å². The number of aromatic nitrogens is 2. The molecule has 1 aromatic rings. The molecule has 0 aliphatic carbocycles. The van der Waals surface area contributed by atoms with Crippen LogP contribution in [0.15, 0.2) is 0 Å². The zero-order chi connectivity index (χ0) is 8.43. The van der Waals surface area contributed by atoms with E-state index < -0.39 is 0 Å². The van der Waals surface area contributed by atoms with Crippen molar-refractivity contribution in [2.45, 2.75) is 6.92 Å². The molecule has 1 heterocycles. The van der Waals surface area contributed by atoms with Crippen LogP contribution in [0.2, 0.25) is 5.15 Å². The minimum Gasteiger partial charge on any atom is -0.478 e. The highest BCUT2D eigenvalue weighted by Gasteiger charge is 2.07. The lowest BCUT2D eigenvalue weighted by molar-refractivity contribution is 0.394. The van der Waals surface area contributed by atoms with Crippen LogP contribution >= 0.6 is 11.6 Å². The van der Waals surface area contributed by atoms with Crippen molar-refractivity contribution in [1.29, 1.82) is 0 Å². The second kappa shape index (κ2) is 2.92. The van der Waals surface area contributed by atoms with Crippen molar-refractivity contribution < 1.29 is 4.74 Å². The first-order valence-corrected chi connectivity index (χ1v) is 3.37. The summed E-state index contributed by atoms with van der Waals surface area (Å²) in [6.07, 6.45) is 0. The molecule has 0 bridgehead atoms. The molecule has 0 aromatic carbocycles. The standard InChI is InChI=1S/C6H8ClN3O/c1-3-4(8)6(11-2)10-9-5(3)7/h1-2H3,(H2,8,9). The molecule has 0 fully saturated rings. The number of hydrogen-bond donors (Lipinski definition) is 1. The van der Waals surface area contributed by atoms with Crippen LogP contribution in [0.1, 0.15) is 5.56 Å². The molecule has 1 rings (SSSR count). The van der Waals surface area contributed by atoms with E-state index in [-0.39, 0.29) is 0 Å². The van der Waals surface area contributed by atoms with Crippen LogP contribution in [0.25, 0.3) is 0 Å². The number of rotatable bonds is 1. The zero-order valence-electron chi connectivity index (χ0n) is 6.26. The average molecular weight is 174 g/mol. The van der Waals surface area contributed by atoms with E-state index in [1.54, 1.807) is 6.92 Å². The molecule has 0 amide bonds. The number of anilines is 1. The highest BCUT2D eigenvalue weighted by Crippen LogP contribution is 2.24. The maximum absolute atomic E-state index is 5.63. The zero-order valence-corrected chi connectivity index (χ0v) is 7.01. The van der Waals surface area contributed by atoms with E-state index in [4.69, 9.17) is 22.1 Å². The molecule has 0 unspecified atom stereocenters. The van der Waals surface area contributed by atoms with E-state index >= 15 is 0 Å². The van der Waals surface area contributed by atoms with Gasteiger partial charge in [-0.2, -0.15) is 0 Å².